The van der Waals surface area contributed by atoms with E-state index in [-0.39, 0.29) is 5.91 Å². The maximum atomic E-state index is 13.4. The summed E-state index contributed by atoms with van der Waals surface area (Å²) >= 11 is 0. The van der Waals surface area contributed by atoms with Crippen LogP contribution >= 0.6 is 0 Å². The highest BCUT2D eigenvalue weighted by Crippen LogP contribution is 2.17. The van der Waals surface area contributed by atoms with Crippen LogP contribution in [0.1, 0.15) is 35.2 Å². The fourth-order valence-corrected chi connectivity index (χ4v) is 2.88. The first-order chi connectivity index (χ1) is 13.1. The number of rotatable bonds is 7. The average molecular weight is 367 g/mol. The Hall–Kier alpha value is -3.02. The minimum atomic E-state index is -0.419. The zero-order chi connectivity index (χ0) is 19.2. The van der Waals surface area contributed by atoms with E-state index in [2.05, 4.69) is 10.1 Å². The van der Waals surface area contributed by atoms with Crippen LogP contribution in [0.25, 0.3) is 11.4 Å². The summed E-state index contributed by atoms with van der Waals surface area (Å²) in [6.45, 7) is 5.01. The van der Waals surface area contributed by atoms with Crippen molar-refractivity contribution in [3.8, 4) is 11.4 Å². The lowest BCUT2D eigenvalue weighted by atomic mass is 10.1. The molecule has 27 heavy (non-hydrogen) atoms. The van der Waals surface area contributed by atoms with Crippen molar-refractivity contribution in [2.45, 2.75) is 26.7 Å². The van der Waals surface area contributed by atoms with Gasteiger partial charge in [-0.15, -0.1) is 0 Å². The number of carbonyl (C=O) groups excluding carboxylic acids is 1. The Morgan fingerprint density at radius 1 is 1.15 bits per heavy atom. The van der Waals surface area contributed by atoms with E-state index in [1.807, 2.05) is 38.1 Å². The summed E-state index contributed by atoms with van der Waals surface area (Å²) in [5.74, 6) is 0.388. The van der Waals surface area contributed by atoms with Gasteiger partial charge in [-0.2, -0.15) is 4.98 Å². The molecule has 0 aliphatic rings. The molecular formula is C21H22FN3O2. The Balaban J connectivity index is 1.69. The molecule has 3 rings (SSSR count). The van der Waals surface area contributed by atoms with E-state index in [0.29, 0.717) is 36.8 Å². The summed E-state index contributed by atoms with van der Waals surface area (Å²) in [5, 5.41) is 4.03. The van der Waals surface area contributed by atoms with Crippen LogP contribution in [0.2, 0.25) is 0 Å². The number of nitrogens with zero attached hydrogens (tertiary/aromatic N) is 3. The molecule has 0 spiro atoms. The molecule has 0 bridgehead atoms. The second-order valence-electron chi connectivity index (χ2n) is 6.43. The number of benzene rings is 2. The summed E-state index contributed by atoms with van der Waals surface area (Å²) in [6.07, 6.45) is 1.25. The molecule has 0 unspecified atom stereocenters. The predicted octanol–water partition coefficient (Wildman–Crippen LogP) is 4.28. The lowest BCUT2D eigenvalue weighted by Gasteiger charge is -2.21. The fourth-order valence-electron chi connectivity index (χ4n) is 2.88. The Kier molecular flexibility index (Phi) is 5.96. The summed E-state index contributed by atoms with van der Waals surface area (Å²) in [6, 6.07) is 13.6. The number of halogens is 1. The van der Waals surface area contributed by atoms with Crippen LogP contribution in [-0.4, -0.2) is 34.0 Å². The number of hydrogen-bond acceptors (Lipinski definition) is 4. The lowest BCUT2D eigenvalue weighted by molar-refractivity contribution is 0.0753. The summed E-state index contributed by atoms with van der Waals surface area (Å²) < 4.78 is 18.7. The molecule has 0 saturated carbocycles. The van der Waals surface area contributed by atoms with Gasteiger partial charge in [0.25, 0.3) is 5.91 Å². The van der Waals surface area contributed by atoms with Crippen molar-refractivity contribution in [3.63, 3.8) is 0 Å². The van der Waals surface area contributed by atoms with Crippen LogP contribution in [0.3, 0.4) is 0 Å². The Morgan fingerprint density at radius 2 is 1.96 bits per heavy atom. The Morgan fingerprint density at radius 3 is 2.70 bits per heavy atom. The van der Waals surface area contributed by atoms with Crippen LogP contribution in [-0.2, 0) is 6.42 Å². The molecule has 3 aromatic rings. The largest absolute Gasteiger partial charge is 0.339 e. The van der Waals surface area contributed by atoms with Crippen molar-refractivity contribution in [1.29, 1.82) is 0 Å². The minimum absolute atomic E-state index is 0.199. The molecule has 0 fully saturated rings. The van der Waals surface area contributed by atoms with Gasteiger partial charge >= 0.3 is 0 Å². The molecule has 0 radical (unpaired) electrons. The lowest BCUT2D eigenvalue weighted by Crippen LogP contribution is -2.33. The summed E-state index contributed by atoms with van der Waals surface area (Å²) in [5.41, 5.74) is 2.36. The number of carbonyl (C=O) groups is 1. The second kappa shape index (κ2) is 8.58. The zero-order valence-electron chi connectivity index (χ0n) is 15.5. The van der Waals surface area contributed by atoms with Gasteiger partial charge in [-0.3, -0.25) is 4.79 Å². The van der Waals surface area contributed by atoms with Crippen molar-refractivity contribution >= 4 is 5.91 Å². The molecule has 2 aromatic carbocycles. The molecule has 6 heteroatoms. The Bertz CT molecular complexity index is 923. The monoisotopic (exact) mass is 367 g/mol. The van der Waals surface area contributed by atoms with E-state index < -0.39 is 5.82 Å². The molecule has 1 amide bonds. The fraction of sp³-hybridized carbons (Fsp3) is 0.286. The van der Waals surface area contributed by atoms with Crippen molar-refractivity contribution < 1.29 is 13.7 Å². The molecule has 5 nitrogen and oxygen atoms in total. The van der Waals surface area contributed by atoms with E-state index in [9.17, 15) is 9.18 Å². The van der Waals surface area contributed by atoms with Gasteiger partial charge in [0.15, 0.2) is 0 Å². The molecule has 0 aliphatic heterocycles. The number of aromatic nitrogens is 2. The van der Waals surface area contributed by atoms with E-state index >= 15 is 0 Å². The highest BCUT2D eigenvalue weighted by atomic mass is 19.1. The smallest absolute Gasteiger partial charge is 0.253 e. The highest BCUT2D eigenvalue weighted by Gasteiger charge is 2.17. The number of amides is 1. The van der Waals surface area contributed by atoms with E-state index in [4.69, 9.17) is 4.52 Å². The molecule has 1 aromatic heterocycles. The van der Waals surface area contributed by atoms with Crippen molar-refractivity contribution in [2.75, 3.05) is 13.1 Å². The van der Waals surface area contributed by atoms with Crippen LogP contribution in [0.5, 0.6) is 0 Å². The quantitative estimate of drug-likeness (QED) is 0.625. The van der Waals surface area contributed by atoms with Crippen molar-refractivity contribution in [1.82, 2.24) is 15.0 Å². The van der Waals surface area contributed by atoms with Crippen LogP contribution < -0.4 is 0 Å². The predicted molar refractivity (Wildman–Crippen MR) is 101 cm³/mol. The zero-order valence-corrected chi connectivity index (χ0v) is 15.5. The standard InChI is InChI=1S/C21H22FN3O2/c1-3-11-25(21(26)17-8-5-9-18(22)14-17)12-10-19-23-20(24-27-19)16-7-4-6-15(2)13-16/h4-9,13-14H,3,10-12H2,1-2H3. The third kappa shape index (κ3) is 4.78. The summed E-state index contributed by atoms with van der Waals surface area (Å²) in [4.78, 5) is 18.8. The SMILES string of the molecule is CCCN(CCc1nc(-c2cccc(C)c2)no1)C(=O)c1cccc(F)c1. The van der Waals surface area contributed by atoms with Gasteiger partial charge in [0.2, 0.25) is 11.7 Å². The van der Waals surface area contributed by atoms with Crippen molar-refractivity contribution in [2.24, 2.45) is 0 Å². The van der Waals surface area contributed by atoms with Crippen LogP contribution in [0.15, 0.2) is 53.1 Å². The molecule has 140 valence electrons. The molecule has 0 N–H and O–H groups in total. The first-order valence-electron chi connectivity index (χ1n) is 9.01. The molecule has 0 atom stereocenters. The van der Waals surface area contributed by atoms with E-state index in [0.717, 1.165) is 17.5 Å². The highest BCUT2D eigenvalue weighted by molar-refractivity contribution is 5.94. The van der Waals surface area contributed by atoms with Gasteiger partial charge in [-0.1, -0.05) is 41.9 Å². The molecule has 1 heterocycles. The normalized spacial score (nSPS) is 10.8. The maximum absolute atomic E-state index is 13.4. The topological polar surface area (TPSA) is 59.2 Å². The molecule has 0 aliphatic carbocycles. The van der Waals surface area contributed by atoms with Gasteiger partial charge in [0.05, 0.1) is 0 Å². The van der Waals surface area contributed by atoms with Gasteiger partial charge < -0.3 is 9.42 Å². The van der Waals surface area contributed by atoms with Gasteiger partial charge in [0, 0.05) is 30.6 Å². The van der Waals surface area contributed by atoms with Gasteiger partial charge in [-0.05, 0) is 37.6 Å². The van der Waals surface area contributed by atoms with Gasteiger partial charge in [-0.25, -0.2) is 4.39 Å². The molecule has 0 saturated heterocycles. The summed E-state index contributed by atoms with van der Waals surface area (Å²) in [7, 11) is 0. The van der Waals surface area contributed by atoms with Gasteiger partial charge in [0.1, 0.15) is 5.82 Å². The number of hydrogen-bond donors (Lipinski definition) is 0. The van der Waals surface area contributed by atoms with Crippen LogP contribution in [0.4, 0.5) is 4.39 Å². The van der Waals surface area contributed by atoms with E-state index in [1.165, 1.54) is 12.1 Å². The third-order valence-electron chi connectivity index (χ3n) is 4.19. The second-order valence-corrected chi connectivity index (χ2v) is 6.43. The first kappa shape index (κ1) is 18.8. The van der Waals surface area contributed by atoms with Crippen LogP contribution in [0, 0.1) is 12.7 Å². The van der Waals surface area contributed by atoms with E-state index in [1.54, 1.807) is 17.0 Å². The third-order valence-corrected chi connectivity index (χ3v) is 4.19. The first-order valence-corrected chi connectivity index (χ1v) is 9.01. The van der Waals surface area contributed by atoms with Crippen molar-refractivity contribution in [3.05, 3.63) is 71.4 Å². The number of aryl methyl sites for hydroxylation is 1. The average Bonchev–Trinajstić information content (AvgIpc) is 3.14. The Labute approximate surface area is 157 Å². The minimum Gasteiger partial charge on any atom is -0.339 e. The maximum Gasteiger partial charge on any atom is 0.253 e. The molecular weight excluding hydrogens is 345 g/mol.